The highest BCUT2D eigenvalue weighted by Gasteiger charge is 2.04. The second kappa shape index (κ2) is 3.49. The van der Waals surface area contributed by atoms with Crippen LogP contribution in [-0.2, 0) is 0 Å². The van der Waals surface area contributed by atoms with Gasteiger partial charge in [0.25, 0.3) is 5.91 Å². The summed E-state index contributed by atoms with van der Waals surface area (Å²) in [4.78, 5) is 19.0. The van der Waals surface area contributed by atoms with Crippen molar-refractivity contribution >= 4 is 39.5 Å². The Morgan fingerprint density at radius 3 is 2.86 bits per heavy atom. The highest BCUT2D eigenvalue weighted by molar-refractivity contribution is 14.1. The highest BCUT2D eigenvalue weighted by atomic mass is 127. The lowest BCUT2D eigenvalue weighted by Gasteiger charge is -1.98. The lowest BCUT2D eigenvalue weighted by molar-refractivity contribution is 0.0995. The summed E-state index contributed by atoms with van der Waals surface area (Å²) >= 11 is 2.19. The predicted octanol–water partition coefficient (Wildman–Crippen LogP) is 1.33. The summed E-state index contributed by atoms with van der Waals surface area (Å²) in [7, 11) is 0. The van der Waals surface area contributed by atoms with Crippen molar-refractivity contribution in [2.24, 2.45) is 5.73 Å². The summed E-state index contributed by atoms with van der Waals surface area (Å²) in [5.41, 5.74) is 6.73. The van der Waals surface area contributed by atoms with E-state index in [0.717, 1.165) is 9.09 Å². The van der Waals surface area contributed by atoms with E-state index >= 15 is 0 Å². The highest BCUT2D eigenvalue weighted by Crippen LogP contribution is 2.13. The first kappa shape index (κ1) is 9.32. The second-order valence-corrected chi connectivity index (χ2v) is 4.00. The largest absolute Gasteiger partial charge is 0.364 e. The first-order valence-corrected chi connectivity index (χ1v) is 4.97. The van der Waals surface area contributed by atoms with Crippen molar-refractivity contribution in [3.05, 3.63) is 33.7 Å². The number of nitrogens with two attached hydrogens (primary N) is 1. The number of aromatic nitrogens is 2. The molecule has 0 saturated heterocycles. The fourth-order valence-corrected chi connectivity index (χ4v) is 1.58. The number of benzene rings is 1. The van der Waals surface area contributed by atoms with Gasteiger partial charge in [-0.2, -0.15) is 0 Å². The Bertz CT molecular complexity index is 512. The molecule has 0 unspecified atom stereocenters. The maximum atomic E-state index is 10.8. The topological polar surface area (TPSA) is 68.9 Å². The van der Waals surface area contributed by atoms with Gasteiger partial charge in [-0.1, -0.05) is 0 Å². The molecule has 4 nitrogen and oxygen atoms in total. The molecule has 0 aliphatic carbocycles. The molecule has 70 valence electrons. The third-order valence-electron chi connectivity index (χ3n) is 1.76. The Morgan fingerprint density at radius 2 is 2.14 bits per heavy atom. The molecule has 1 amide bonds. The molecule has 1 heterocycles. The van der Waals surface area contributed by atoms with Crippen molar-refractivity contribution in [2.45, 2.75) is 0 Å². The molecule has 2 rings (SSSR count). The smallest absolute Gasteiger partial charge is 0.268 e. The summed E-state index contributed by atoms with van der Waals surface area (Å²) in [5.74, 6) is -0.557. The Hall–Kier alpha value is -1.24. The van der Waals surface area contributed by atoms with Gasteiger partial charge in [-0.25, -0.2) is 4.98 Å². The first-order chi connectivity index (χ1) is 6.66. The van der Waals surface area contributed by atoms with Gasteiger partial charge in [0.15, 0.2) is 0 Å². The van der Waals surface area contributed by atoms with Crippen molar-refractivity contribution < 1.29 is 4.79 Å². The van der Waals surface area contributed by atoms with Crippen LogP contribution in [0.2, 0.25) is 0 Å². The van der Waals surface area contributed by atoms with Gasteiger partial charge in [-0.3, -0.25) is 9.78 Å². The molecule has 2 aromatic rings. The minimum absolute atomic E-state index is 0.193. The monoisotopic (exact) mass is 299 g/mol. The number of carbonyl (C=O) groups is 1. The van der Waals surface area contributed by atoms with Gasteiger partial charge < -0.3 is 5.73 Å². The van der Waals surface area contributed by atoms with Gasteiger partial charge in [0, 0.05) is 3.57 Å². The van der Waals surface area contributed by atoms with E-state index in [9.17, 15) is 4.79 Å². The zero-order valence-corrected chi connectivity index (χ0v) is 9.22. The van der Waals surface area contributed by atoms with Crippen molar-refractivity contribution in [1.29, 1.82) is 0 Å². The summed E-state index contributed by atoms with van der Waals surface area (Å²) in [6.45, 7) is 0. The van der Waals surface area contributed by atoms with E-state index in [2.05, 4.69) is 32.6 Å². The first-order valence-electron chi connectivity index (χ1n) is 3.89. The standard InChI is InChI=1S/C9H6IN3O/c10-5-1-2-6-7(3-5)12-4-8(13-6)9(11)14/h1-4H,(H2,11,14). The summed E-state index contributed by atoms with van der Waals surface area (Å²) in [6.07, 6.45) is 1.39. The van der Waals surface area contributed by atoms with E-state index < -0.39 is 5.91 Å². The van der Waals surface area contributed by atoms with Crippen LogP contribution in [-0.4, -0.2) is 15.9 Å². The molecule has 0 aliphatic heterocycles. The van der Waals surface area contributed by atoms with E-state index in [0.29, 0.717) is 5.52 Å². The van der Waals surface area contributed by atoms with Gasteiger partial charge in [0.2, 0.25) is 0 Å². The van der Waals surface area contributed by atoms with Crippen molar-refractivity contribution in [1.82, 2.24) is 9.97 Å². The zero-order chi connectivity index (χ0) is 10.1. The minimum atomic E-state index is -0.557. The van der Waals surface area contributed by atoms with E-state index in [-0.39, 0.29) is 5.69 Å². The molecule has 5 heteroatoms. The maximum absolute atomic E-state index is 10.8. The maximum Gasteiger partial charge on any atom is 0.268 e. The SMILES string of the molecule is NC(=O)c1cnc2cc(I)ccc2n1. The molecule has 0 saturated carbocycles. The van der Waals surface area contributed by atoms with Crippen LogP contribution in [0.3, 0.4) is 0 Å². The molecular weight excluding hydrogens is 293 g/mol. The quantitative estimate of drug-likeness (QED) is 0.808. The predicted molar refractivity (Wildman–Crippen MR) is 60.8 cm³/mol. The molecule has 0 bridgehead atoms. The third-order valence-corrected chi connectivity index (χ3v) is 2.43. The number of hydrogen-bond donors (Lipinski definition) is 1. The number of primary amides is 1. The van der Waals surface area contributed by atoms with Crippen LogP contribution in [0, 0.1) is 3.57 Å². The number of halogens is 1. The summed E-state index contributed by atoms with van der Waals surface area (Å²) < 4.78 is 1.08. The van der Waals surface area contributed by atoms with Crippen molar-refractivity contribution in [3.8, 4) is 0 Å². The lowest BCUT2D eigenvalue weighted by atomic mass is 10.3. The van der Waals surface area contributed by atoms with E-state index in [4.69, 9.17) is 5.73 Å². The minimum Gasteiger partial charge on any atom is -0.364 e. The second-order valence-electron chi connectivity index (χ2n) is 2.75. The number of fused-ring (bicyclic) bond motifs is 1. The Kier molecular flexibility index (Phi) is 2.32. The van der Waals surface area contributed by atoms with E-state index in [1.807, 2.05) is 18.2 Å². The molecule has 14 heavy (non-hydrogen) atoms. The van der Waals surface area contributed by atoms with Crippen LogP contribution >= 0.6 is 22.6 Å². The number of nitrogens with zero attached hydrogens (tertiary/aromatic N) is 2. The van der Waals surface area contributed by atoms with E-state index in [1.165, 1.54) is 6.20 Å². The number of carbonyl (C=O) groups excluding carboxylic acids is 1. The van der Waals surface area contributed by atoms with Gasteiger partial charge in [0.05, 0.1) is 17.2 Å². The summed E-state index contributed by atoms with van der Waals surface area (Å²) in [6, 6.07) is 5.62. The van der Waals surface area contributed by atoms with Gasteiger partial charge >= 0.3 is 0 Å². The van der Waals surface area contributed by atoms with Crippen LogP contribution in [0.15, 0.2) is 24.4 Å². The molecular formula is C9H6IN3O. The fourth-order valence-electron chi connectivity index (χ4n) is 1.10. The van der Waals surface area contributed by atoms with Crippen LogP contribution < -0.4 is 5.73 Å². The van der Waals surface area contributed by atoms with Crippen LogP contribution in [0.25, 0.3) is 11.0 Å². The van der Waals surface area contributed by atoms with Crippen LogP contribution in [0.1, 0.15) is 10.5 Å². The van der Waals surface area contributed by atoms with Crippen LogP contribution in [0.4, 0.5) is 0 Å². The average molecular weight is 299 g/mol. The van der Waals surface area contributed by atoms with Gasteiger partial charge in [-0.05, 0) is 40.8 Å². The molecule has 0 radical (unpaired) electrons. The Balaban J connectivity index is 2.67. The molecule has 1 aromatic carbocycles. The van der Waals surface area contributed by atoms with Gasteiger partial charge in [0.1, 0.15) is 5.69 Å². The fraction of sp³-hybridized carbons (Fsp3) is 0. The summed E-state index contributed by atoms with van der Waals surface area (Å²) in [5, 5.41) is 0. The lowest BCUT2D eigenvalue weighted by Crippen LogP contribution is -2.13. The number of rotatable bonds is 1. The molecule has 2 N–H and O–H groups in total. The molecule has 1 aromatic heterocycles. The van der Waals surface area contributed by atoms with Crippen molar-refractivity contribution in [2.75, 3.05) is 0 Å². The Labute approximate surface area is 93.7 Å². The molecule has 0 spiro atoms. The molecule has 0 fully saturated rings. The van der Waals surface area contributed by atoms with Crippen molar-refractivity contribution in [3.63, 3.8) is 0 Å². The number of amides is 1. The number of hydrogen-bond acceptors (Lipinski definition) is 3. The van der Waals surface area contributed by atoms with Crippen LogP contribution in [0.5, 0.6) is 0 Å². The molecule has 0 atom stereocenters. The van der Waals surface area contributed by atoms with Gasteiger partial charge in [-0.15, -0.1) is 0 Å². The molecule has 0 aliphatic rings. The van der Waals surface area contributed by atoms with E-state index in [1.54, 1.807) is 0 Å². The third kappa shape index (κ3) is 1.67. The normalized spacial score (nSPS) is 10.4. The average Bonchev–Trinajstić information content (AvgIpc) is 2.16. The Morgan fingerprint density at radius 1 is 1.36 bits per heavy atom. The zero-order valence-electron chi connectivity index (χ0n) is 7.07.